The first kappa shape index (κ1) is 25.7. The molecule has 5 rings (SSSR count). The van der Waals surface area contributed by atoms with Gasteiger partial charge in [-0.2, -0.15) is 0 Å². The third-order valence-corrected chi connectivity index (χ3v) is 6.68. The molecule has 0 aliphatic rings. The van der Waals surface area contributed by atoms with Crippen LogP contribution in [-0.2, 0) is 6.42 Å². The molecule has 0 fully saturated rings. The lowest BCUT2D eigenvalue weighted by Gasteiger charge is -2.13. The summed E-state index contributed by atoms with van der Waals surface area (Å²) < 4.78 is 0. The standard InChI is InChI=1S/C32H31N5O2/c1-36(2)26-14-10-22(11-15-26)30(38)20-21-5-18-28-29(19-21)35-31(34-28)23-6-8-24(9-7-23)32(39)33-25-12-16-27(17-13-25)37(3)4/h5-19H,20H2,1-4H3,(H,33,39)(H,34,35). The molecule has 2 N–H and O–H groups in total. The van der Waals surface area contributed by atoms with Crippen LogP contribution in [0.4, 0.5) is 17.1 Å². The molecule has 1 amide bonds. The second kappa shape index (κ2) is 10.8. The van der Waals surface area contributed by atoms with Crippen molar-refractivity contribution in [2.24, 2.45) is 0 Å². The van der Waals surface area contributed by atoms with Gasteiger partial charge >= 0.3 is 0 Å². The number of ketones is 1. The summed E-state index contributed by atoms with van der Waals surface area (Å²) in [7, 11) is 7.90. The highest BCUT2D eigenvalue weighted by molar-refractivity contribution is 6.04. The summed E-state index contributed by atoms with van der Waals surface area (Å²) in [6, 6.07) is 28.5. The molecule has 0 saturated carbocycles. The van der Waals surface area contributed by atoms with Crippen LogP contribution in [-0.4, -0.2) is 49.8 Å². The highest BCUT2D eigenvalue weighted by Gasteiger charge is 2.12. The van der Waals surface area contributed by atoms with Crippen molar-refractivity contribution in [2.75, 3.05) is 43.3 Å². The molecule has 7 nitrogen and oxygen atoms in total. The number of aromatic nitrogens is 2. The van der Waals surface area contributed by atoms with E-state index >= 15 is 0 Å². The number of amides is 1. The summed E-state index contributed by atoms with van der Waals surface area (Å²) in [5.74, 6) is 0.607. The van der Waals surface area contributed by atoms with Crippen LogP contribution in [0.2, 0.25) is 0 Å². The van der Waals surface area contributed by atoms with Crippen LogP contribution in [0.3, 0.4) is 0 Å². The Kier molecular flexibility index (Phi) is 7.14. The van der Waals surface area contributed by atoms with E-state index in [0.29, 0.717) is 23.4 Å². The molecular weight excluding hydrogens is 486 g/mol. The number of hydrogen-bond donors (Lipinski definition) is 2. The highest BCUT2D eigenvalue weighted by Crippen LogP contribution is 2.23. The number of benzene rings is 4. The second-order valence-corrected chi connectivity index (χ2v) is 9.95. The lowest BCUT2D eigenvalue weighted by atomic mass is 10.0. The maximum atomic E-state index is 12.8. The number of carbonyl (C=O) groups excluding carboxylic acids is 2. The van der Waals surface area contributed by atoms with Gasteiger partial charge in [0.15, 0.2) is 5.78 Å². The predicted octanol–water partition coefficient (Wildman–Crippen LogP) is 6.04. The number of imidazole rings is 1. The maximum Gasteiger partial charge on any atom is 0.255 e. The Morgan fingerprint density at radius 3 is 1.95 bits per heavy atom. The number of rotatable bonds is 8. The SMILES string of the molecule is CN(C)c1ccc(NC(=O)c2ccc(-c3nc4ccc(CC(=O)c5ccc(N(C)C)cc5)cc4[nH]3)cc2)cc1. The van der Waals surface area contributed by atoms with Gasteiger partial charge in [0.1, 0.15) is 5.82 Å². The van der Waals surface area contributed by atoms with Crippen LogP contribution < -0.4 is 15.1 Å². The van der Waals surface area contributed by atoms with E-state index in [2.05, 4.69) is 10.3 Å². The topological polar surface area (TPSA) is 81.3 Å². The van der Waals surface area contributed by atoms with Gasteiger partial charge in [-0.1, -0.05) is 18.2 Å². The fraction of sp³-hybridized carbons (Fsp3) is 0.156. The van der Waals surface area contributed by atoms with E-state index in [4.69, 9.17) is 4.98 Å². The van der Waals surface area contributed by atoms with Crippen molar-refractivity contribution >= 4 is 39.8 Å². The van der Waals surface area contributed by atoms with Gasteiger partial charge in [0, 0.05) is 68.4 Å². The van der Waals surface area contributed by atoms with Crippen LogP contribution in [0.5, 0.6) is 0 Å². The number of H-pyrrole nitrogens is 1. The van der Waals surface area contributed by atoms with E-state index in [1.54, 1.807) is 12.1 Å². The van der Waals surface area contributed by atoms with E-state index in [0.717, 1.165) is 39.2 Å². The Bertz CT molecular complexity index is 1620. The Morgan fingerprint density at radius 2 is 1.33 bits per heavy atom. The van der Waals surface area contributed by atoms with Crippen molar-refractivity contribution < 1.29 is 9.59 Å². The first-order valence-corrected chi connectivity index (χ1v) is 12.8. The van der Waals surface area contributed by atoms with Gasteiger partial charge in [-0.3, -0.25) is 9.59 Å². The smallest absolute Gasteiger partial charge is 0.255 e. The summed E-state index contributed by atoms with van der Waals surface area (Å²) in [6.07, 6.45) is 0.313. The summed E-state index contributed by atoms with van der Waals surface area (Å²) >= 11 is 0. The lowest BCUT2D eigenvalue weighted by Crippen LogP contribution is -2.12. The maximum absolute atomic E-state index is 12.8. The van der Waals surface area contributed by atoms with Crippen LogP contribution in [0, 0.1) is 0 Å². The first-order valence-electron chi connectivity index (χ1n) is 12.8. The van der Waals surface area contributed by atoms with Crippen molar-refractivity contribution in [2.45, 2.75) is 6.42 Å². The number of Topliss-reactive ketones (excluding diaryl/α,β-unsaturated/α-hetero) is 1. The molecule has 0 bridgehead atoms. The van der Waals surface area contributed by atoms with Gasteiger partial charge < -0.3 is 20.1 Å². The van der Waals surface area contributed by atoms with Crippen LogP contribution in [0.25, 0.3) is 22.4 Å². The molecule has 4 aromatic carbocycles. The molecular formula is C32H31N5O2. The molecule has 0 spiro atoms. The number of hydrogen-bond acceptors (Lipinski definition) is 5. The Labute approximate surface area is 228 Å². The van der Waals surface area contributed by atoms with E-state index in [1.807, 2.05) is 117 Å². The summed E-state index contributed by atoms with van der Waals surface area (Å²) in [5, 5.41) is 2.94. The average molecular weight is 518 g/mol. The molecule has 0 saturated heterocycles. The van der Waals surface area contributed by atoms with Crippen LogP contribution >= 0.6 is 0 Å². The predicted molar refractivity (Wildman–Crippen MR) is 159 cm³/mol. The van der Waals surface area contributed by atoms with Gasteiger partial charge in [0.25, 0.3) is 5.91 Å². The molecule has 0 aliphatic carbocycles. The zero-order valence-corrected chi connectivity index (χ0v) is 22.5. The average Bonchev–Trinajstić information content (AvgIpc) is 3.37. The number of nitrogens with one attached hydrogen (secondary N) is 2. The van der Waals surface area contributed by atoms with Crippen molar-refractivity contribution in [1.29, 1.82) is 0 Å². The van der Waals surface area contributed by atoms with Crippen LogP contribution in [0.1, 0.15) is 26.3 Å². The molecule has 0 atom stereocenters. The van der Waals surface area contributed by atoms with Crippen molar-refractivity contribution in [3.63, 3.8) is 0 Å². The molecule has 0 aliphatic heterocycles. The summed E-state index contributed by atoms with van der Waals surface area (Å²) in [6.45, 7) is 0. The van der Waals surface area contributed by atoms with E-state index in [9.17, 15) is 9.59 Å². The minimum atomic E-state index is -0.172. The molecule has 7 heteroatoms. The molecule has 1 aromatic heterocycles. The number of fused-ring (bicyclic) bond motifs is 1. The number of anilines is 3. The third kappa shape index (κ3) is 5.83. The van der Waals surface area contributed by atoms with E-state index in [1.165, 1.54) is 0 Å². The normalized spacial score (nSPS) is 10.9. The molecule has 1 heterocycles. The molecule has 39 heavy (non-hydrogen) atoms. The Balaban J connectivity index is 1.26. The molecule has 196 valence electrons. The zero-order chi connectivity index (χ0) is 27.5. The number of carbonyl (C=O) groups is 2. The zero-order valence-electron chi connectivity index (χ0n) is 22.5. The lowest BCUT2D eigenvalue weighted by molar-refractivity contribution is 0.0991. The minimum Gasteiger partial charge on any atom is -0.378 e. The Morgan fingerprint density at radius 1 is 0.744 bits per heavy atom. The molecule has 0 radical (unpaired) electrons. The van der Waals surface area contributed by atoms with Crippen LogP contribution in [0.15, 0.2) is 91.0 Å². The van der Waals surface area contributed by atoms with Gasteiger partial charge in [-0.15, -0.1) is 0 Å². The number of aromatic amines is 1. The minimum absolute atomic E-state index is 0.0712. The second-order valence-electron chi connectivity index (χ2n) is 9.95. The third-order valence-electron chi connectivity index (χ3n) is 6.68. The van der Waals surface area contributed by atoms with Gasteiger partial charge in [-0.25, -0.2) is 4.98 Å². The summed E-state index contributed by atoms with van der Waals surface area (Å²) in [4.78, 5) is 37.6. The summed E-state index contributed by atoms with van der Waals surface area (Å²) in [5.41, 5.74) is 7.60. The quantitative estimate of drug-likeness (QED) is 0.245. The monoisotopic (exact) mass is 517 g/mol. The van der Waals surface area contributed by atoms with E-state index in [-0.39, 0.29) is 11.7 Å². The van der Waals surface area contributed by atoms with Gasteiger partial charge in [0.05, 0.1) is 11.0 Å². The fourth-order valence-corrected chi connectivity index (χ4v) is 4.36. The molecule has 0 unspecified atom stereocenters. The van der Waals surface area contributed by atoms with Gasteiger partial charge in [-0.05, 0) is 78.4 Å². The van der Waals surface area contributed by atoms with E-state index < -0.39 is 0 Å². The molecule has 5 aromatic rings. The highest BCUT2D eigenvalue weighted by atomic mass is 16.1. The van der Waals surface area contributed by atoms with Crippen molar-refractivity contribution in [3.8, 4) is 11.4 Å². The number of nitrogens with zero attached hydrogens (tertiary/aromatic N) is 3. The Hall–Kier alpha value is -4.91. The largest absolute Gasteiger partial charge is 0.378 e. The van der Waals surface area contributed by atoms with Crippen molar-refractivity contribution in [1.82, 2.24) is 9.97 Å². The van der Waals surface area contributed by atoms with Gasteiger partial charge in [0.2, 0.25) is 0 Å². The first-order chi connectivity index (χ1) is 18.8. The fourth-order valence-electron chi connectivity index (χ4n) is 4.36. The van der Waals surface area contributed by atoms with Crippen molar-refractivity contribution in [3.05, 3.63) is 108 Å².